The van der Waals surface area contributed by atoms with Gasteiger partial charge in [-0.3, -0.25) is 4.90 Å². The molecule has 1 fully saturated rings. The summed E-state index contributed by atoms with van der Waals surface area (Å²) in [6.07, 6.45) is 1.65. The maximum atomic E-state index is 10.7. The number of aliphatic imine (C=N–C) groups is 1. The molecule has 0 radical (unpaired) electrons. The summed E-state index contributed by atoms with van der Waals surface area (Å²) in [5.41, 5.74) is -0.107. The monoisotopic (exact) mass is 504 g/mol. The van der Waals surface area contributed by atoms with Gasteiger partial charge < -0.3 is 20.5 Å². The van der Waals surface area contributed by atoms with Crippen LogP contribution in [0.4, 0.5) is 0 Å². The summed E-state index contributed by atoms with van der Waals surface area (Å²) >= 11 is 0. The minimum Gasteiger partial charge on any atom is -0.384 e. The van der Waals surface area contributed by atoms with E-state index in [0.29, 0.717) is 18.8 Å². The van der Waals surface area contributed by atoms with Gasteiger partial charge in [-0.25, -0.2) is 4.99 Å². The Morgan fingerprint density at radius 1 is 1.21 bits per heavy atom. The zero-order chi connectivity index (χ0) is 19.7. The lowest BCUT2D eigenvalue weighted by molar-refractivity contribution is -0.0679. The second kappa shape index (κ2) is 12.6. The van der Waals surface area contributed by atoms with Gasteiger partial charge in [0.2, 0.25) is 0 Å². The fourth-order valence-corrected chi connectivity index (χ4v) is 3.44. The highest BCUT2D eigenvalue weighted by molar-refractivity contribution is 14.0. The molecule has 6 nitrogen and oxygen atoms in total. The van der Waals surface area contributed by atoms with E-state index < -0.39 is 5.60 Å². The summed E-state index contributed by atoms with van der Waals surface area (Å²) in [5.74, 6) is 0.748. The van der Waals surface area contributed by atoms with Gasteiger partial charge in [0.1, 0.15) is 5.60 Å². The summed E-state index contributed by atoms with van der Waals surface area (Å²) < 4.78 is 5.78. The Hall–Kier alpha value is -0.900. The van der Waals surface area contributed by atoms with E-state index in [9.17, 15) is 5.11 Å². The number of morpholine rings is 1. The minimum atomic E-state index is -0.982. The quantitative estimate of drug-likeness (QED) is 0.220. The van der Waals surface area contributed by atoms with Crippen LogP contribution in [0.1, 0.15) is 39.7 Å². The average Bonchev–Trinajstić information content (AvgIpc) is 2.63. The number of halogens is 1. The number of nitrogens with zero attached hydrogens (tertiary/aromatic N) is 2. The van der Waals surface area contributed by atoms with Crippen LogP contribution in [0.25, 0.3) is 0 Å². The van der Waals surface area contributed by atoms with Crippen LogP contribution < -0.4 is 10.6 Å². The van der Waals surface area contributed by atoms with E-state index in [4.69, 9.17) is 4.74 Å². The molecule has 0 aromatic heterocycles. The van der Waals surface area contributed by atoms with E-state index in [-0.39, 0.29) is 24.0 Å². The minimum absolute atomic E-state index is 0. The number of nitrogens with one attached hydrogen (secondary N) is 2. The van der Waals surface area contributed by atoms with Crippen LogP contribution in [0, 0.1) is 0 Å². The first-order chi connectivity index (χ1) is 12.9. The second-order valence-electron chi connectivity index (χ2n) is 7.63. The highest BCUT2D eigenvalue weighted by Crippen LogP contribution is 2.20. The number of hydrogen-bond donors (Lipinski definition) is 3. The largest absolute Gasteiger partial charge is 0.384 e. The third-order valence-electron chi connectivity index (χ3n) is 4.72. The molecule has 0 saturated carbocycles. The van der Waals surface area contributed by atoms with E-state index in [1.165, 1.54) is 0 Å². The Bertz CT molecular complexity index is 573. The molecular weight excluding hydrogens is 467 g/mol. The van der Waals surface area contributed by atoms with Gasteiger partial charge >= 0.3 is 0 Å². The molecule has 3 unspecified atom stereocenters. The predicted octanol–water partition coefficient (Wildman–Crippen LogP) is 2.57. The predicted molar refractivity (Wildman–Crippen MR) is 126 cm³/mol. The molecule has 3 atom stereocenters. The van der Waals surface area contributed by atoms with Crippen LogP contribution >= 0.6 is 24.0 Å². The van der Waals surface area contributed by atoms with Gasteiger partial charge in [0, 0.05) is 32.7 Å². The maximum Gasteiger partial charge on any atom is 0.191 e. The molecule has 28 heavy (non-hydrogen) atoms. The molecule has 1 heterocycles. The van der Waals surface area contributed by atoms with Crippen LogP contribution in [0.3, 0.4) is 0 Å². The standard InChI is InChI=1S/C21H36N4O2.HI/c1-5-22-20(24-16-21(4,26)19-10-7-6-8-11-19)23-12-9-13-25-14-17(2)27-18(3)15-25;/h6-8,10-11,17-18,26H,5,9,12-16H2,1-4H3,(H2,22,23,24);1H. The molecule has 0 spiro atoms. The normalized spacial score (nSPS) is 22.8. The SMILES string of the molecule is CCNC(=NCC(C)(O)c1ccccc1)NCCCN1CC(C)OC(C)C1.I. The first kappa shape index (κ1) is 25.1. The summed E-state index contributed by atoms with van der Waals surface area (Å²) in [6.45, 7) is 13.1. The summed E-state index contributed by atoms with van der Waals surface area (Å²) in [4.78, 5) is 7.04. The molecule has 1 aliphatic rings. The summed E-state index contributed by atoms with van der Waals surface area (Å²) in [7, 11) is 0. The molecular formula is C21H37IN4O2. The van der Waals surface area contributed by atoms with E-state index in [1.807, 2.05) is 37.3 Å². The Morgan fingerprint density at radius 3 is 2.46 bits per heavy atom. The highest BCUT2D eigenvalue weighted by atomic mass is 127. The van der Waals surface area contributed by atoms with E-state index in [2.05, 4.69) is 34.4 Å². The van der Waals surface area contributed by atoms with E-state index >= 15 is 0 Å². The molecule has 1 aliphatic heterocycles. The lowest BCUT2D eigenvalue weighted by atomic mass is 9.96. The van der Waals surface area contributed by atoms with Crippen molar-refractivity contribution in [2.45, 2.75) is 51.9 Å². The number of rotatable bonds is 8. The Morgan fingerprint density at radius 2 is 1.86 bits per heavy atom. The molecule has 3 N–H and O–H groups in total. The highest BCUT2D eigenvalue weighted by Gasteiger charge is 2.23. The Balaban J connectivity index is 0.00000392. The number of ether oxygens (including phenoxy) is 1. The average molecular weight is 504 g/mol. The van der Waals surface area contributed by atoms with Crippen molar-refractivity contribution < 1.29 is 9.84 Å². The maximum absolute atomic E-state index is 10.7. The summed E-state index contributed by atoms with van der Waals surface area (Å²) in [6, 6.07) is 9.68. The third kappa shape index (κ3) is 8.63. The fourth-order valence-electron chi connectivity index (χ4n) is 3.44. The van der Waals surface area contributed by atoms with Crippen LogP contribution in [-0.2, 0) is 10.3 Å². The number of benzene rings is 1. The van der Waals surface area contributed by atoms with E-state index in [0.717, 1.165) is 50.7 Å². The molecule has 0 amide bonds. The summed E-state index contributed by atoms with van der Waals surface area (Å²) in [5, 5.41) is 17.3. The van der Waals surface area contributed by atoms with Gasteiger partial charge in [-0.05, 0) is 39.7 Å². The number of guanidine groups is 1. The van der Waals surface area contributed by atoms with Crippen molar-refractivity contribution >= 4 is 29.9 Å². The third-order valence-corrected chi connectivity index (χ3v) is 4.72. The topological polar surface area (TPSA) is 69.1 Å². The van der Waals surface area contributed by atoms with Crippen LogP contribution in [-0.4, -0.2) is 67.4 Å². The van der Waals surface area contributed by atoms with Crippen molar-refractivity contribution in [1.82, 2.24) is 15.5 Å². The number of aliphatic hydroxyl groups is 1. The van der Waals surface area contributed by atoms with Crippen molar-refractivity contribution in [2.24, 2.45) is 4.99 Å². The van der Waals surface area contributed by atoms with Crippen LogP contribution in [0.5, 0.6) is 0 Å². The zero-order valence-corrected chi connectivity index (χ0v) is 20.0. The van der Waals surface area contributed by atoms with E-state index in [1.54, 1.807) is 6.92 Å². The molecule has 0 bridgehead atoms. The van der Waals surface area contributed by atoms with Gasteiger partial charge in [0.25, 0.3) is 0 Å². The molecule has 1 saturated heterocycles. The molecule has 160 valence electrons. The second-order valence-corrected chi connectivity index (χ2v) is 7.63. The van der Waals surface area contributed by atoms with Crippen molar-refractivity contribution in [2.75, 3.05) is 39.3 Å². The molecule has 0 aliphatic carbocycles. The van der Waals surface area contributed by atoms with Gasteiger partial charge in [0.15, 0.2) is 5.96 Å². The van der Waals surface area contributed by atoms with Crippen LogP contribution in [0.2, 0.25) is 0 Å². The smallest absolute Gasteiger partial charge is 0.191 e. The molecule has 2 rings (SSSR count). The van der Waals surface area contributed by atoms with Crippen molar-refractivity contribution in [3.05, 3.63) is 35.9 Å². The first-order valence-electron chi connectivity index (χ1n) is 10.1. The first-order valence-corrected chi connectivity index (χ1v) is 10.1. The molecule has 7 heteroatoms. The number of hydrogen-bond acceptors (Lipinski definition) is 4. The van der Waals surface area contributed by atoms with Crippen molar-refractivity contribution in [3.63, 3.8) is 0 Å². The van der Waals surface area contributed by atoms with Crippen LogP contribution in [0.15, 0.2) is 35.3 Å². The van der Waals surface area contributed by atoms with Gasteiger partial charge in [0.05, 0.1) is 18.8 Å². The Kier molecular flexibility index (Phi) is 11.3. The van der Waals surface area contributed by atoms with Crippen molar-refractivity contribution in [3.8, 4) is 0 Å². The Labute approximate surface area is 187 Å². The van der Waals surface area contributed by atoms with Crippen molar-refractivity contribution in [1.29, 1.82) is 0 Å². The van der Waals surface area contributed by atoms with Gasteiger partial charge in [-0.15, -0.1) is 24.0 Å². The lowest BCUT2D eigenvalue weighted by Crippen LogP contribution is -2.46. The van der Waals surface area contributed by atoms with Gasteiger partial charge in [-0.1, -0.05) is 30.3 Å². The lowest BCUT2D eigenvalue weighted by Gasteiger charge is -2.35. The molecule has 1 aromatic rings. The fraction of sp³-hybridized carbons (Fsp3) is 0.667. The molecule has 1 aromatic carbocycles. The van der Waals surface area contributed by atoms with Gasteiger partial charge in [-0.2, -0.15) is 0 Å². The zero-order valence-electron chi connectivity index (χ0n) is 17.6.